The summed E-state index contributed by atoms with van der Waals surface area (Å²) in [6.07, 6.45) is 0. The van der Waals surface area contributed by atoms with Gasteiger partial charge >= 0.3 is 0 Å². The first-order valence-corrected chi connectivity index (χ1v) is 8.07. The van der Waals surface area contributed by atoms with Crippen LogP contribution in [0, 0.1) is 6.92 Å². The lowest BCUT2D eigenvalue weighted by Crippen LogP contribution is -2.00. The standard InChI is InChI=1S/C16H15NO.2C2H6/c1-12-10-14-15(8-5-9-16(14)18)17(12)11-13-6-3-2-4-7-13;2*1-2/h2-10,18H,11H2,1H3;2*1-2H3. The Morgan fingerprint density at radius 1 is 0.864 bits per heavy atom. The minimum atomic E-state index is 0.349. The fourth-order valence-corrected chi connectivity index (χ4v) is 2.38. The summed E-state index contributed by atoms with van der Waals surface area (Å²) in [7, 11) is 0. The molecule has 0 bridgehead atoms. The van der Waals surface area contributed by atoms with Crippen LogP contribution in [0.5, 0.6) is 5.75 Å². The molecule has 3 aromatic rings. The van der Waals surface area contributed by atoms with Crippen molar-refractivity contribution in [2.75, 3.05) is 0 Å². The molecule has 0 aliphatic rings. The summed E-state index contributed by atoms with van der Waals surface area (Å²) in [6.45, 7) is 10.9. The van der Waals surface area contributed by atoms with Crippen LogP contribution in [0.1, 0.15) is 39.0 Å². The number of aromatic hydroxyl groups is 1. The van der Waals surface area contributed by atoms with Gasteiger partial charge < -0.3 is 9.67 Å². The van der Waals surface area contributed by atoms with Crippen molar-refractivity contribution < 1.29 is 5.11 Å². The van der Waals surface area contributed by atoms with E-state index in [-0.39, 0.29) is 0 Å². The van der Waals surface area contributed by atoms with E-state index in [1.807, 2.05) is 64.1 Å². The highest BCUT2D eigenvalue weighted by atomic mass is 16.3. The zero-order valence-electron chi connectivity index (χ0n) is 14.3. The van der Waals surface area contributed by atoms with Crippen molar-refractivity contribution in [3.05, 3.63) is 65.9 Å². The zero-order valence-corrected chi connectivity index (χ0v) is 14.3. The van der Waals surface area contributed by atoms with Gasteiger partial charge in [-0.25, -0.2) is 0 Å². The van der Waals surface area contributed by atoms with Crippen LogP contribution >= 0.6 is 0 Å². The van der Waals surface area contributed by atoms with Crippen LogP contribution < -0.4 is 0 Å². The summed E-state index contributed by atoms with van der Waals surface area (Å²) < 4.78 is 2.23. The number of hydrogen-bond donors (Lipinski definition) is 1. The van der Waals surface area contributed by atoms with Gasteiger partial charge in [0.05, 0.1) is 5.52 Å². The molecule has 0 amide bonds. The molecule has 0 aliphatic heterocycles. The van der Waals surface area contributed by atoms with Crippen LogP contribution in [-0.2, 0) is 6.54 Å². The van der Waals surface area contributed by atoms with Crippen molar-refractivity contribution in [2.45, 2.75) is 41.2 Å². The molecule has 0 unspecified atom stereocenters. The Balaban J connectivity index is 0.000000561. The van der Waals surface area contributed by atoms with Gasteiger partial charge in [0.15, 0.2) is 0 Å². The highest BCUT2D eigenvalue weighted by Gasteiger charge is 2.08. The van der Waals surface area contributed by atoms with E-state index >= 15 is 0 Å². The van der Waals surface area contributed by atoms with Gasteiger partial charge in [0, 0.05) is 17.6 Å². The number of benzene rings is 2. The van der Waals surface area contributed by atoms with Crippen LogP contribution in [-0.4, -0.2) is 9.67 Å². The molecule has 0 saturated carbocycles. The zero-order chi connectivity index (χ0) is 16.5. The topological polar surface area (TPSA) is 25.2 Å². The number of nitrogens with zero attached hydrogens (tertiary/aromatic N) is 1. The summed E-state index contributed by atoms with van der Waals surface area (Å²) in [4.78, 5) is 0. The minimum absolute atomic E-state index is 0.349. The largest absolute Gasteiger partial charge is 0.507 e. The molecule has 0 atom stereocenters. The highest BCUT2D eigenvalue weighted by Crippen LogP contribution is 2.28. The first-order chi connectivity index (χ1) is 10.8. The fraction of sp³-hybridized carbons (Fsp3) is 0.300. The molecule has 0 fully saturated rings. The lowest BCUT2D eigenvalue weighted by atomic mass is 10.2. The molecule has 22 heavy (non-hydrogen) atoms. The minimum Gasteiger partial charge on any atom is -0.507 e. The smallest absolute Gasteiger partial charge is 0.124 e. The highest BCUT2D eigenvalue weighted by molar-refractivity contribution is 5.87. The van der Waals surface area contributed by atoms with E-state index in [4.69, 9.17) is 0 Å². The molecule has 118 valence electrons. The van der Waals surface area contributed by atoms with E-state index in [2.05, 4.69) is 23.6 Å². The van der Waals surface area contributed by atoms with E-state index in [0.29, 0.717) is 5.75 Å². The Morgan fingerprint density at radius 2 is 1.50 bits per heavy atom. The molecular weight excluding hydrogens is 270 g/mol. The number of phenols is 1. The van der Waals surface area contributed by atoms with Crippen molar-refractivity contribution >= 4 is 10.9 Å². The number of rotatable bonds is 2. The van der Waals surface area contributed by atoms with E-state index in [1.54, 1.807) is 6.07 Å². The maximum Gasteiger partial charge on any atom is 0.124 e. The summed E-state index contributed by atoms with van der Waals surface area (Å²) >= 11 is 0. The molecule has 3 rings (SSSR count). The van der Waals surface area contributed by atoms with Crippen LogP contribution in [0.3, 0.4) is 0 Å². The van der Waals surface area contributed by atoms with Gasteiger partial charge in [-0.2, -0.15) is 0 Å². The molecule has 2 heteroatoms. The molecule has 1 N–H and O–H groups in total. The first kappa shape index (κ1) is 17.8. The van der Waals surface area contributed by atoms with Crippen molar-refractivity contribution in [3.8, 4) is 5.75 Å². The van der Waals surface area contributed by atoms with E-state index in [0.717, 1.165) is 23.1 Å². The number of phenolic OH excluding ortho intramolecular Hbond substituents is 1. The SMILES string of the molecule is CC.CC.Cc1cc2c(O)cccc2n1Cc1ccccc1. The summed E-state index contributed by atoms with van der Waals surface area (Å²) in [5.74, 6) is 0.349. The number of fused-ring (bicyclic) bond motifs is 1. The van der Waals surface area contributed by atoms with Gasteiger partial charge in [-0.1, -0.05) is 64.1 Å². The Labute approximate surface area is 134 Å². The summed E-state index contributed by atoms with van der Waals surface area (Å²) in [5, 5.41) is 10.8. The number of aromatic nitrogens is 1. The van der Waals surface area contributed by atoms with Gasteiger partial charge in [-0.3, -0.25) is 0 Å². The molecule has 0 aliphatic carbocycles. The predicted molar refractivity (Wildman–Crippen MR) is 96.6 cm³/mol. The van der Waals surface area contributed by atoms with Crippen LogP contribution in [0.2, 0.25) is 0 Å². The van der Waals surface area contributed by atoms with E-state index in [1.165, 1.54) is 5.56 Å². The van der Waals surface area contributed by atoms with Gasteiger partial charge in [0.1, 0.15) is 5.75 Å². The number of aryl methyl sites for hydroxylation is 1. The summed E-state index contributed by atoms with van der Waals surface area (Å²) in [6, 6.07) is 18.1. The molecule has 0 spiro atoms. The van der Waals surface area contributed by atoms with E-state index < -0.39 is 0 Å². The molecule has 2 aromatic carbocycles. The maximum atomic E-state index is 9.86. The van der Waals surface area contributed by atoms with Crippen molar-refractivity contribution in [1.29, 1.82) is 0 Å². The average molecular weight is 297 g/mol. The van der Waals surface area contributed by atoms with Crippen molar-refractivity contribution in [3.63, 3.8) is 0 Å². The third-order valence-electron chi connectivity index (χ3n) is 3.31. The lowest BCUT2D eigenvalue weighted by Gasteiger charge is -2.08. The monoisotopic (exact) mass is 297 g/mol. The third kappa shape index (κ3) is 3.91. The molecule has 1 heterocycles. The second-order valence-corrected chi connectivity index (χ2v) is 4.57. The fourth-order valence-electron chi connectivity index (χ4n) is 2.38. The van der Waals surface area contributed by atoms with Crippen LogP contribution in [0.15, 0.2) is 54.6 Å². The molecule has 2 nitrogen and oxygen atoms in total. The Hall–Kier alpha value is -2.22. The molecule has 1 aromatic heterocycles. The van der Waals surface area contributed by atoms with Gasteiger partial charge in [-0.15, -0.1) is 0 Å². The van der Waals surface area contributed by atoms with Gasteiger partial charge in [0.2, 0.25) is 0 Å². The maximum absolute atomic E-state index is 9.86. The average Bonchev–Trinajstić information content (AvgIpc) is 2.90. The predicted octanol–water partition coefficient (Wildman–Crippen LogP) is 5.76. The van der Waals surface area contributed by atoms with Gasteiger partial charge in [0.25, 0.3) is 0 Å². The Morgan fingerprint density at radius 3 is 2.14 bits per heavy atom. The number of hydrogen-bond acceptors (Lipinski definition) is 1. The summed E-state index contributed by atoms with van der Waals surface area (Å²) in [5.41, 5.74) is 3.51. The normalized spacial score (nSPS) is 9.50. The first-order valence-electron chi connectivity index (χ1n) is 8.07. The van der Waals surface area contributed by atoms with Crippen molar-refractivity contribution in [1.82, 2.24) is 4.57 Å². The van der Waals surface area contributed by atoms with Gasteiger partial charge in [-0.05, 0) is 30.7 Å². The third-order valence-corrected chi connectivity index (χ3v) is 3.31. The quantitative estimate of drug-likeness (QED) is 0.639. The van der Waals surface area contributed by atoms with Crippen LogP contribution in [0.25, 0.3) is 10.9 Å². The van der Waals surface area contributed by atoms with E-state index in [9.17, 15) is 5.11 Å². The van der Waals surface area contributed by atoms with Crippen LogP contribution in [0.4, 0.5) is 0 Å². The Kier molecular flexibility index (Phi) is 7.24. The second-order valence-electron chi connectivity index (χ2n) is 4.57. The lowest BCUT2D eigenvalue weighted by molar-refractivity contribution is 0.481. The molecule has 0 saturated heterocycles. The van der Waals surface area contributed by atoms with Crippen molar-refractivity contribution in [2.24, 2.45) is 0 Å². The second kappa shape index (κ2) is 8.93. The Bertz CT molecular complexity index is 683. The molecule has 0 radical (unpaired) electrons. The molecular formula is C20H27NO.